The Hall–Kier alpha value is -3.77. The number of nitrogens with one attached hydrogen (secondary N) is 2. The predicted octanol–water partition coefficient (Wildman–Crippen LogP) is 4.67. The molecule has 2 N–H and O–H groups in total. The van der Waals surface area contributed by atoms with Crippen molar-refractivity contribution >= 4 is 60.4 Å². The first-order valence-corrected chi connectivity index (χ1v) is 10.5. The molecule has 2 heterocycles. The molecule has 0 atom stereocenters. The van der Waals surface area contributed by atoms with E-state index in [1.807, 2.05) is 6.07 Å². The van der Waals surface area contributed by atoms with E-state index in [-0.39, 0.29) is 11.4 Å². The van der Waals surface area contributed by atoms with E-state index in [0.29, 0.717) is 32.0 Å². The molecule has 31 heavy (non-hydrogen) atoms. The fourth-order valence-electron chi connectivity index (χ4n) is 2.71. The minimum atomic E-state index is -0.473. The molecule has 0 aliphatic heterocycles. The second-order valence-electron chi connectivity index (χ2n) is 6.11. The lowest BCUT2D eigenvalue weighted by Gasteiger charge is -2.09. The maximum absolute atomic E-state index is 12.5. The van der Waals surface area contributed by atoms with Crippen molar-refractivity contribution < 1.29 is 19.2 Å². The Balaban J connectivity index is 1.47. The molecule has 0 saturated carbocycles. The number of carbonyl (C=O) groups is 1. The van der Waals surface area contributed by atoms with Crippen LogP contribution in [0.15, 0.2) is 41.8 Å². The number of non-ortho nitro benzene ring substituents is 1. The highest BCUT2D eigenvalue weighted by Gasteiger charge is 2.15. The molecule has 0 bridgehead atoms. The molecule has 4 rings (SSSR count). The third kappa shape index (κ3) is 4.39. The van der Waals surface area contributed by atoms with E-state index < -0.39 is 10.8 Å². The number of nitro groups is 1. The minimum absolute atomic E-state index is 0.0283. The van der Waals surface area contributed by atoms with Crippen LogP contribution < -0.4 is 20.1 Å². The summed E-state index contributed by atoms with van der Waals surface area (Å²) >= 11 is 2.43. The molecule has 1 amide bonds. The molecule has 0 fully saturated rings. The van der Waals surface area contributed by atoms with Gasteiger partial charge in [0.25, 0.3) is 11.6 Å². The molecule has 0 unspecified atom stereocenters. The number of fused-ring (bicyclic) bond motifs is 1. The van der Waals surface area contributed by atoms with Crippen LogP contribution in [0.4, 0.5) is 21.6 Å². The van der Waals surface area contributed by atoms with Gasteiger partial charge in [-0.3, -0.25) is 20.2 Å². The zero-order valence-electron chi connectivity index (χ0n) is 16.2. The first kappa shape index (κ1) is 20.5. The fraction of sp³-hybridized carbons (Fsp3) is 0.105. The van der Waals surface area contributed by atoms with E-state index >= 15 is 0 Å². The number of aromatic nitrogens is 2. The molecule has 12 heteroatoms. The van der Waals surface area contributed by atoms with Gasteiger partial charge in [0.05, 0.1) is 29.4 Å². The fourth-order valence-corrected chi connectivity index (χ4v) is 4.32. The highest BCUT2D eigenvalue weighted by atomic mass is 32.1. The van der Waals surface area contributed by atoms with E-state index in [9.17, 15) is 14.9 Å². The summed E-state index contributed by atoms with van der Waals surface area (Å²) in [6, 6.07) is 9.69. The summed E-state index contributed by atoms with van der Waals surface area (Å²) in [7, 11) is 3.11. The third-order valence-electron chi connectivity index (χ3n) is 4.17. The van der Waals surface area contributed by atoms with Crippen LogP contribution in [0, 0.1) is 10.1 Å². The third-order valence-corrected chi connectivity index (χ3v) is 5.87. The Morgan fingerprint density at radius 2 is 1.87 bits per heavy atom. The van der Waals surface area contributed by atoms with Gasteiger partial charge in [-0.05, 0) is 18.2 Å². The number of ether oxygens (including phenoxy) is 2. The number of methoxy groups -OCH3 is 2. The second-order valence-corrected chi connectivity index (χ2v) is 8.00. The molecule has 158 valence electrons. The highest BCUT2D eigenvalue weighted by molar-refractivity contribution is 7.22. The summed E-state index contributed by atoms with van der Waals surface area (Å²) in [6.07, 6.45) is 0. The van der Waals surface area contributed by atoms with E-state index in [1.165, 1.54) is 23.5 Å². The largest absolute Gasteiger partial charge is 0.493 e. The quantitative estimate of drug-likeness (QED) is 0.302. The molecular weight excluding hydrogens is 442 g/mol. The zero-order chi connectivity index (χ0) is 22.0. The average molecular weight is 457 g/mol. The van der Waals surface area contributed by atoms with Gasteiger partial charge in [0.15, 0.2) is 21.8 Å². The zero-order valence-corrected chi connectivity index (χ0v) is 17.9. The number of amides is 1. The van der Waals surface area contributed by atoms with E-state index in [0.717, 1.165) is 17.0 Å². The van der Waals surface area contributed by atoms with Crippen LogP contribution in [-0.4, -0.2) is 35.0 Å². The van der Waals surface area contributed by atoms with Gasteiger partial charge in [-0.1, -0.05) is 11.3 Å². The monoisotopic (exact) mass is 457 g/mol. The van der Waals surface area contributed by atoms with Gasteiger partial charge in [0, 0.05) is 29.3 Å². The molecule has 4 aromatic rings. The minimum Gasteiger partial charge on any atom is -0.493 e. The van der Waals surface area contributed by atoms with Crippen LogP contribution in [0.2, 0.25) is 0 Å². The van der Waals surface area contributed by atoms with Crippen LogP contribution in [0.3, 0.4) is 0 Å². The maximum atomic E-state index is 12.5. The van der Waals surface area contributed by atoms with Crippen molar-refractivity contribution in [2.75, 3.05) is 24.9 Å². The number of nitrogens with zero attached hydrogens (tertiary/aromatic N) is 3. The molecule has 10 nitrogen and oxygen atoms in total. The van der Waals surface area contributed by atoms with Crippen molar-refractivity contribution in [1.82, 2.24) is 9.97 Å². The molecule has 2 aromatic heterocycles. The van der Waals surface area contributed by atoms with Crippen molar-refractivity contribution in [3.63, 3.8) is 0 Å². The SMILES string of the molecule is COc1ccc(Nc2nc(C(=O)Nc3nc4ccc([N+](=O)[O-])cc4s3)cs2)cc1OC. The van der Waals surface area contributed by atoms with Gasteiger partial charge >= 0.3 is 0 Å². The first-order chi connectivity index (χ1) is 15.0. The van der Waals surface area contributed by atoms with E-state index in [1.54, 1.807) is 37.8 Å². The Bertz CT molecular complexity index is 1290. The second kappa shape index (κ2) is 8.53. The lowest BCUT2D eigenvalue weighted by Crippen LogP contribution is -2.12. The van der Waals surface area contributed by atoms with Crippen molar-refractivity contribution in [3.8, 4) is 11.5 Å². The number of hydrogen-bond donors (Lipinski definition) is 2. The van der Waals surface area contributed by atoms with Gasteiger partial charge in [0.1, 0.15) is 5.69 Å². The molecule has 0 aliphatic carbocycles. The number of carbonyl (C=O) groups excluding carboxylic acids is 1. The van der Waals surface area contributed by atoms with Crippen molar-refractivity contribution in [2.45, 2.75) is 0 Å². The van der Waals surface area contributed by atoms with Crippen LogP contribution in [0.1, 0.15) is 10.5 Å². The topological polar surface area (TPSA) is 129 Å². The van der Waals surface area contributed by atoms with Gasteiger partial charge in [0.2, 0.25) is 0 Å². The highest BCUT2D eigenvalue weighted by Crippen LogP contribution is 2.32. The summed E-state index contributed by atoms with van der Waals surface area (Å²) in [4.78, 5) is 31.6. The van der Waals surface area contributed by atoms with Crippen LogP contribution in [0.5, 0.6) is 11.5 Å². The van der Waals surface area contributed by atoms with Gasteiger partial charge < -0.3 is 14.8 Å². The summed E-state index contributed by atoms with van der Waals surface area (Å²) in [5, 5.41) is 19.2. The Labute approximate surface area is 183 Å². The molecular formula is C19H15N5O5S2. The van der Waals surface area contributed by atoms with Gasteiger partial charge in [-0.15, -0.1) is 11.3 Å². The number of hydrogen-bond acceptors (Lipinski definition) is 10. The van der Waals surface area contributed by atoms with E-state index in [2.05, 4.69) is 20.6 Å². The summed E-state index contributed by atoms with van der Waals surface area (Å²) in [5.74, 6) is 0.747. The molecule has 0 aliphatic rings. The van der Waals surface area contributed by atoms with Crippen LogP contribution >= 0.6 is 22.7 Å². The molecule has 0 radical (unpaired) electrons. The number of nitro benzene ring substituents is 1. The Kier molecular flexibility index (Phi) is 5.64. The van der Waals surface area contributed by atoms with Crippen LogP contribution in [-0.2, 0) is 0 Å². The van der Waals surface area contributed by atoms with Crippen molar-refractivity contribution in [1.29, 1.82) is 0 Å². The van der Waals surface area contributed by atoms with Crippen molar-refractivity contribution in [2.24, 2.45) is 0 Å². The molecule has 0 spiro atoms. The van der Waals surface area contributed by atoms with Crippen molar-refractivity contribution in [3.05, 3.63) is 57.6 Å². The Morgan fingerprint density at radius 3 is 2.61 bits per heavy atom. The molecule has 0 saturated heterocycles. The summed E-state index contributed by atoms with van der Waals surface area (Å²) < 4.78 is 11.1. The standard InChI is InChI=1S/C19H15N5O5S2/c1-28-14-6-3-10(7-15(14)29-2)20-18-22-13(9-30-18)17(25)23-19-21-12-5-4-11(24(26)27)8-16(12)31-19/h3-9H,1-2H3,(H,20,22)(H,21,23,25). The Morgan fingerprint density at radius 1 is 1.06 bits per heavy atom. The summed E-state index contributed by atoms with van der Waals surface area (Å²) in [6.45, 7) is 0. The molecule has 2 aromatic carbocycles. The van der Waals surface area contributed by atoms with E-state index in [4.69, 9.17) is 9.47 Å². The average Bonchev–Trinajstić information content (AvgIpc) is 3.39. The smallest absolute Gasteiger partial charge is 0.276 e. The predicted molar refractivity (Wildman–Crippen MR) is 119 cm³/mol. The number of benzene rings is 2. The summed E-state index contributed by atoms with van der Waals surface area (Å²) in [5.41, 5.74) is 1.49. The maximum Gasteiger partial charge on any atom is 0.276 e. The lowest BCUT2D eigenvalue weighted by atomic mass is 10.3. The van der Waals surface area contributed by atoms with Gasteiger partial charge in [-0.2, -0.15) is 0 Å². The first-order valence-electron chi connectivity index (χ1n) is 8.77. The van der Waals surface area contributed by atoms with Gasteiger partial charge in [-0.25, -0.2) is 9.97 Å². The number of anilines is 3. The lowest BCUT2D eigenvalue weighted by molar-refractivity contribution is -0.384. The number of rotatable bonds is 7. The van der Waals surface area contributed by atoms with Crippen LogP contribution in [0.25, 0.3) is 10.2 Å². The number of thiazole rings is 2. The normalized spacial score (nSPS) is 10.6.